The molecule has 0 fully saturated rings. The highest BCUT2D eigenvalue weighted by Crippen LogP contribution is 2.36. The van der Waals surface area contributed by atoms with Gasteiger partial charge in [0.05, 0.1) is 4.92 Å². The summed E-state index contributed by atoms with van der Waals surface area (Å²) in [6.45, 7) is 5.48. The van der Waals surface area contributed by atoms with Gasteiger partial charge in [-0.25, -0.2) is 0 Å². The second-order valence-electron chi connectivity index (χ2n) is 2.36. The molecule has 5 nitrogen and oxygen atoms in total. The van der Waals surface area contributed by atoms with Crippen LogP contribution < -0.4 is 0 Å². The Morgan fingerprint density at radius 3 is 2.14 bits per heavy atom. The number of benzene rings is 1. The first-order chi connectivity index (χ1) is 6.54. The van der Waals surface area contributed by atoms with Crippen LogP contribution in [0.2, 0.25) is 0 Å². The molecule has 0 spiro atoms. The van der Waals surface area contributed by atoms with E-state index in [4.69, 9.17) is 10.2 Å². The predicted molar refractivity (Wildman–Crippen MR) is 52.5 cm³/mol. The van der Waals surface area contributed by atoms with Crippen LogP contribution in [0.15, 0.2) is 12.1 Å². The number of hydrogen-bond donors (Lipinski definition) is 2. The molecule has 5 heteroatoms. The van der Waals surface area contributed by atoms with Crippen molar-refractivity contribution in [2.75, 3.05) is 0 Å². The molecule has 0 aliphatic heterocycles. The van der Waals surface area contributed by atoms with Crippen LogP contribution in [0, 0.1) is 17.0 Å². The van der Waals surface area contributed by atoms with Crippen LogP contribution in [0.4, 0.5) is 5.69 Å². The van der Waals surface area contributed by atoms with Gasteiger partial charge in [0.2, 0.25) is 5.75 Å². The molecule has 0 heterocycles. The van der Waals surface area contributed by atoms with Crippen LogP contribution >= 0.6 is 0 Å². The number of aromatic hydroxyl groups is 2. The summed E-state index contributed by atoms with van der Waals surface area (Å²) < 4.78 is 0. The molecule has 1 aromatic carbocycles. The first kappa shape index (κ1) is 12.2. The third-order valence-corrected chi connectivity index (χ3v) is 1.51. The van der Waals surface area contributed by atoms with Crippen LogP contribution in [0.5, 0.6) is 11.5 Å². The minimum absolute atomic E-state index is 0.315. The van der Waals surface area contributed by atoms with E-state index in [1.54, 1.807) is 0 Å². The summed E-state index contributed by atoms with van der Waals surface area (Å²) in [5.41, 5.74) is -0.134. The lowest BCUT2D eigenvalue weighted by Gasteiger charge is -2.00. The molecule has 0 amide bonds. The first-order valence-electron chi connectivity index (χ1n) is 4.20. The van der Waals surface area contributed by atoms with Crippen LogP contribution in [-0.4, -0.2) is 15.1 Å². The van der Waals surface area contributed by atoms with Crippen molar-refractivity contribution in [2.45, 2.75) is 20.8 Å². The maximum atomic E-state index is 10.3. The van der Waals surface area contributed by atoms with E-state index in [9.17, 15) is 10.1 Å². The largest absolute Gasteiger partial charge is 0.504 e. The Morgan fingerprint density at radius 2 is 1.79 bits per heavy atom. The smallest absolute Gasteiger partial charge is 0.317 e. The lowest BCUT2D eigenvalue weighted by Crippen LogP contribution is -1.91. The number of phenolic OH excluding ortho intramolecular Hbond substituents is 2. The molecule has 0 atom stereocenters. The Morgan fingerprint density at radius 1 is 1.29 bits per heavy atom. The molecule has 0 unspecified atom stereocenters. The van der Waals surface area contributed by atoms with E-state index in [0.29, 0.717) is 5.56 Å². The number of hydrogen-bond acceptors (Lipinski definition) is 4. The molecule has 0 aliphatic rings. The van der Waals surface area contributed by atoms with Gasteiger partial charge in [0.15, 0.2) is 5.75 Å². The number of aryl methyl sites for hydroxylation is 1. The van der Waals surface area contributed by atoms with Gasteiger partial charge in [-0.1, -0.05) is 13.8 Å². The number of nitrogens with zero attached hydrogens (tertiary/aromatic N) is 1. The molecular weight excluding hydrogens is 186 g/mol. The number of rotatable bonds is 1. The second-order valence-corrected chi connectivity index (χ2v) is 2.36. The fourth-order valence-electron chi connectivity index (χ4n) is 0.900. The van der Waals surface area contributed by atoms with Gasteiger partial charge in [-0.15, -0.1) is 0 Å². The second kappa shape index (κ2) is 5.06. The summed E-state index contributed by atoms with van der Waals surface area (Å²) >= 11 is 0. The highest BCUT2D eigenvalue weighted by atomic mass is 16.6. The van der Waals surface area contributed by atoms with Crippen LogP contribution in [0.3, 0.4) is 0 Å². The molecule has 0 saturated carbocycles. The maximum Gasteiger partial charge on any atom is 0.317 e. The van der Waals surface area contributed by atoms with E-state index in [1.807, 2.05) is 13.8 Å². The fourth-order valence-corrected chi connectivity index (χ4v) is 0.900. The maximum absolute atomic E-state index is 10.3. The Hall–Kier alpha value is -1.78. The van der Waals surface area contributed by atoms with Crippen molar-refractivity contribution in [3.05, 3.63) is 27.8 Å². The quantitative estimate of drug-likeness (QED) is 0.413. The molecule has 1 rings (SSSR count). The molecule has 0 radical (unpaired) electrons. The number of phenols is 2. The molecule has 0 bridgehead atoms. The highest BCUT2D eigenvalue weighted by molar-refractivity contribution is 5.58. The molecular formula is C9H13NO4. The predicted octanol–water partition coefficient (Wildman–Crippen LogP) is 2.34. The van der Waals surface area contributed by atoms with Gasteiger partial charge in [-0.3, -0.25) is 10.1 Å². The van der Waals surface area contributed by atoms with Gasteiger partial charge in [-0.05, 0) is 19.1 Å². The lowest BCUT2D eigenvalue weighted by atomic mass is 10.2. The lowest BCUT2D eigenvalue weighted by molar-refractivity contribution is -0.386. The zero-order chi connectivity index (χ0) is 11.3. The van der Waals surface area contributed by atoms with Crippen molar-refractivity contribution in [1.82, 2.24) is 0 Å². The van der Waals surface area contributed by atoms with Gasteiger partial charge in [0.25, 0.3) is 0 Å². The zero-order valence-corrected chi connectivity index (χ0v) is 8.31. The van der Waals surface area contributed by atoms with Gasteiger partial charge in [0.1, 0.15) is 0 Å². The summed E-state index contributed by atoms with van der Waals surface area (Å²) in [6.07, 6.45) is 0. The van der Waals surface area contributed by atoms with E-state index in [2.05, 4.69) is 0 Å². The summed E-state index contributed by atoms with van der Waals surface area (Å²) in [7, 11) is 0. The van der Waals surface area contributed by atoms with E-state index in [-0.39, 0.29) is 0 Å². The molecule has 0 aromatic heterocycles. The van der Waals surface area contributed by atoms with Crippen molar-refractivity contribution < 1.29 is 15.1 Å². The summed E-state index contributed by atoms with van der Waals surface area (Å²) in [6, 6.07) is 2.57. The van der Waals surface area contributed by atoms with Crippen molar-refractivity contribution in [1.29, 1.82) is 0 Å². The summed E-state index contributed by atoms with van der Waals surface area (Å²) in [5, 5.41) is 28.3. The normalized spacial score (nSPS) is 8.79. The third kappa shape index (κ3) is 2.35. The molecule has 0 saturated heterocycles. The molecule has 14 heavy (non-hydrogen) atoms. The third-order valence-electron chi connectivity index (χ3n) is 1.51. The van der Waals surface area contributed by atoms with Crippen molar-refractivity contribution in [3.63, 3.8) is 0 Å². The molecule has 2 N–H and O–H groups in total. The zero-order valence-electron chi connectivity index (χ0n) is 8.31. The molecule has 0 aliphatic carbocycles. The van der Waals surface area contributed by atoms with Crippen molar-refractivity contribution in [2.24, 2.45) is 0 Å². The monoisotopic (exact) mass is 199 g/mol. The average molecular weight is 199 g/mol. The Balaban J connectivity index is 0.000000791. The van der Waals surface area contributed by atoms with Crippen LogP contribution in [0.25, 0.3) is 0 Å². The number of nitro groups is 1. The van der Waals surface area contributed by atoms with Gasteiger partial charge < -0.3 is 10.2 Å². The summed E-state index contributed by atoms with van der Waals surface area (Å²) in [4.78, 5) is 9.60. The summed E-state index contributed by atoms with van der Waals surface area (Å²) in [5.74, 6) is -1.16. The standard InChI is InChI=1S/C7H7NO4.C2H6/c1-4-2-3-5(9)7(10)6(4)8(11)12;1-2/h2-3,9-10H,1H3;1-2H3. The van der Waals surface area contributed by atoms with Crippen LogP contribution in [-0.2, 0) is 0 Å². The minimum Gasteiger partial charge on any atom is -0.504 e. The van der Waals surface area contributed by atoms with Gasteiger partial charge in [0, 0.05) is 5.56 Å². The van der Waals surface area contributed by atoms with E-state index in [1.165, 1.54) is 19.1 Å². The van der Waals surface area contributed by atoms with Crippen molar-refractivity contribution in [3.8, 4) is 11.5 Å². The number of nitro benzene ring substituents is 1. The van der Waals surface area contributed by atoms with Gasteiger partial charge in [-0.2, -0.15) is 0 Å². The SMILES string of the molecule is CC.Cc1ccc(O)c(O)c1[N+](=O)[O-]. The topological polar surface area (TPSA) is 83.6 Å². The van der Waals surface area contributed by atoms with Gasteiger partial charge >= 0.3 is 5.69 Å². The minimum atomic E-state index is -0.732. The van der Waals surface area contributed by atoms with E-state index in [0.717, 1.165) is 0 Å². The fraction of sp³-hybridized carbons (Fsp3) is 0.333. The van der Waals surface area contributed by atoms with Crippen LogP contribution in [0.1, 0.15) is 19.4 Å². The Bertz CT molecular complexity index is 336. The molecule has 1 aromatic rings. The first-order valence-corrected chi connectivity index (χ1v) is 4.20. The highest BCUT2D eigenvalue weighted by Gasteiger charge is 2.19. The molecule has 78 valence electrons. The van der Waals surface area contributed by atoms with Crippen molar-refractivity contribution >= 4 is 5.69 Å². The Kier molecular flexibility index (Phi) is 4.42. The Labute approximate surface area is 81.8 Å². The van der Waals surface area contributed by atoms with E-state index < -0.39 is 22.1 Å². The average Bonchev–Trinajstić information content (AvgIpc) is 2.15. The van der Waals surface area contributed by atoms with E-state index >= 15 is 0 Å².